The van der Waals surface area contributed by atoms with Crippen molar-refractivity contribution >= 4 is 33.8 Å². The molecule has 0 N–H and O–H groups in total. The van der Waals surface area contributed by atoms with Gasteiger partial charge in [-0.15, -0.1) is 11.3 Å². The van der Waals surface area contributed by atoms with Crippen molar-refractivity contribution in [2.75, 3.05) is 7.05 Å². The fourth-order valence-electron chi connectivity index (χ4n) is 1.38. The molecule has 0 aromatic carbocycles. The normalized spacial score (nSPS) is 21.4. The summed E-state index contributed by atoms with van der Waals surface area (Å²) in [5, 5.41) is 1.06. The molecule has 0 bridgehead atoms. The second-order valence-electron chi connectivity index (χ2n) is 3.22. The van der Waals surface area contributed by atoms with Gasteiger partial charge in [0.15, 0.2) is 0 Å². The van der Waals surface area contributed by atoms with Gasteiger partial charge in [0.1, 0.15) is 16.3 Å². The summed E-state index contributed by atoms with van der Waals surface area (Å²) in [6.45, 7) is 4.06. The highest BCUT2D eigenvalue weighted by molar-refractivity contribution is 7.16. The van der Waals surface area contributed by atoms with E-state index < -0.39 is 0 Å². The zero-order chi connectivity index (χ0) is 9.59. The number of aliphatic imine (C=N–C) groups is 1. The third kappa shape index (κ3) is 1.36. The minimum atomic E-state index is -0.0579. The summed E-state index contributed by atoms with van der Waals surface area (Å²) < 4.78 is 0. The Kier molecular flexibility index (Phi) is 2.08. The largest absolute Gasteiger partial charge is 0.343 e. The number of rotatable bonds is 0. The van der Waals surface area contributed by atoms with Crippen molar-refractivity contribution in [2.24, 2.45) is 4.99 Å². The van der Waals surface area contributed by atoms with Crippen LogP contribution < -0.4 is 0 Å². The van der Waals surface area contributed by atoms with E-state index in [0.717, 1.165) is 16.4 Å². The molecule has 0 aliphatic carbocycles. The smallest absolute Gasteiger partial charge is 0.133 e. The van der Waals surface area contributed by atoms with Crippen LogP contribution in [0.5, 0.6) is 0 Å². The number of aryl methyl sites for hydroxylation is 1. The highest BCUT2D eigenvalue weighted by Crippen LogP contribution is 2.41. The lowest BCUT2D eigenvalue weighted by atomic mass is 10.2. The third-order valence-electron chi connectivity index (χ3n) is 2.23. The van der Waals surface area contributed by atoms with Crippen LogP contribution >= 0.6 is 22.9 Å². The van der Waals surface area contributed by atoms with Crippen molar-refractivity contribution in [3.8, 4) is 0 Å². The van der Waals surface area contributed by atoms with E-state index in [4.69, 9.17) is 11.6 Å². The average Bonchev–Trinajstić information content (AvgIpc) is 2.42. The first-order valence-corrected chi connectivity index (χ1v) is 5.37. The number of thiophene rings is 1. The van der Waals surface area contributed by atoms with Gasteiger partial charge < -0.3 is 4.90 Å². The number of amidine groups is 1. The minimum absolute atomic E-state index is 0.0579. The molecule has 2 heterocycles. The van der Waals surface area contributed by atoms with Crippen molar-refractivity contribution in [1.82, 2.24) is 4.90 Å². The molecule has 2 rings (SSSR count). The van der Waals surface area contributed by atoms with Crippen LogP contribution in [0.4, 0.5) is 5.00 Å². The maximum atomic E-state index is 6.26. The summed E-state index contributed by atoms with van der Waals surface area (Å²) in [6.07, 6.45) is 0. The predicted octanol–water partition coefficient (Wildman–Crippen LogP) is 3.29. The zero-order valence-electron chi connectivity index (χ0n) is 7.84. The van der Waals surface area contributed by atoms with Crippen LogP contribution in [0.3, 0.4) is 0 Å². The van der Waals surface area contributed by atoms with Crippen LogP contribution in [0, 0.1) is 6.92 Å². The molecule has 0 fully saturated rings. The van der Waals surface area contributed by atoms with Crippen LogP contribution in [-0.2, 0) is 0 Å². The van der Waals surface area contributed by atoms with Crippen LogP contribution in [0.2, 0.25) is 0 Å². The summed E-state index contributed by atoms with van der Waals surface area (Å²) >= 11 is 7.96. The van der Waals surface area contributed by atoms with Crippen LogP contribution in [0.15, 0.2) is 11.1 Å². The quantitative estimate of drug-likeness (QED) is 0.478. The molecule has 0 amide bonds. The Morgan fingerprint density at radius 2 is 2.23 bits per heavy atom. The molecular formula is C9H11ClN2S. The highest BCUT2D eigenvalue weighted by atomic mass is 35.5. The Hall–Kier alpha value is -0.540. The monoisotopic (exact) mass is 214 g/mol. The second-order valence-corrected chi connectivity index (χ2v) is 4.87. The van der Waals surface area contributed by atoms with E-state index in [1.54, 1.807) is 11.3 Å². The van der Waals surface area contributed by atoms with Gasteiger partial charge in [-0.3, -0.25) is 0 Å². The van der Waals surface area contributed by atoms with Crippen LogP contribution in [0.1, 0.15) is 22.9 Å². The van der Waals surface area contributed by atoms with E-state index >= 15 is 0 Å². The van der Waals surface area contributed by atoms with Gasteiger partial charge in [-0.1, -0.05) is 11.6 Å². The first-order valence-electron chi connectivity index (χ1n) is 4.12. The lowest BCUT2D eigenvalue weighted by Gasteiger charge is -2.27. The standard InChI is InChI=1S/C9H11ClN2S/c1-5-4-7-8(10)12(3)6(2)11-9(7)13-5/h4,8H,1-3H3/t8-/m0/s1. The van der Waals surface area contributed by atoms with Gasteiger partial charge in [-0.05, 0) is 19.9 Å². The van der Waals surface area contributed by atoms with Crippen LogP contribution in [-0.4, -0.2) is 17.8 Å². The number of alkyl halides is 1. The first kappa shape index (κ1) is 9.03. The molecule has 0 saturated carbocycles. The number of halogens is 1. The van der Waals surface area contributed by atoms with E-state index in [-0.39, 0.29) is 5.50 Å². The predicted molar refractivity (Wildman–Crippen MR) is 58.2 cm³/mol. The Labute approximate surface area is 86.8 Å². The van der Waals surface area contributed by atoms with Gasteiger partial charge in [-0.2, -0.15) is 0 Å². The Bertz CT molecular complexity index is 370. The lowest BCUT2D eigenvalue weighted by Crippen LogP contribution is -2.28. The molecule has 2 nitrogen and oxygen atoms in total. The van der Waals surface area contributed by atoms with E-state index in [1.165, 1.54) is 4.88 Å². The summed E-state index contributed by atoms with van der Waals surface area (Å²) in [5.41, 5.74) is 1.08. The number of nitrogens with zero attached hydrogens (tertiary/aromatic N) is 2. The zero-order valence-corrected chi connectivity index (χ0v) is 9.41. The lowest BCUT2D eigenvalue weighted by molar-refractivity contribution is 0.471. The summed E-state index contributed by atoms with van der Waals surface area (Å²) in [7, 11) is 1.96. The maximum absolute atomic E-state index is 6.26. The third-order valence-corrected chi connectivity index (χ3v) is 3.72. The van der Waals surface area contributed by atoms with Gasteiger partial charge in [0, 0.05) is 17.5 Å². The number of hydrogen-bond acceptors (Lipinski definition) is 3. The minimum Gasteiger partial charge on any atom is -0.343 e. The van der Waals surface area contributed by atoms with Crippen molar-refractivity contribution < 1.29 is 0 Å². The first-order chi connectivity index (χ1) is 6.09. The Balaban J connectivity index is 2.55. The summed E-state index contributed by atoms with van der Waals surface area (Å²) in [4.78, 5) is 7.72. The van der Waals surface area contributed by atoms with E-state index in [0.29, 0.717) is 0 Å². The van der Waals surface area contributed by atoms with Gasteiger partial charge in [0.05, 0.1) is 0 Å². The van der Waals surface area contributed by atoms with E-state index in [1.807, 2.05) is 18.9 Å². The van der Waals surface area contributed by atoms with E-state index in [9.17, 15) is 0 Å². The van der Waals surface area contributed by atoms with Gasteiger partial charge in [0.25, 0.3) is 0 Å². The molecule has 13 heavy (non-hydrogen) atoms. The van der Waals surface area contributed by atoms with Crippen LogP contribution in [0.25, 0.3) is 0 Å². The van der Waals surface area contributed by atoms with Gasteiger partial charge >= 0.3 is 0 Å². The number of fused-ring (bicyclic) bond motifs is 1. The van der Waals surface area contributed by atoms with E-state index in [2.05, 4.69) is 18.0 Å². The molecule has 70 valence electrons. The molecule has 0 unspecified atom stereocenters. The molecular weight excluding hydrogens is 204 g/mol. The van der Waals surface area contributed by atoms with Crippen molar-refractivity contribution in [1.29, 1.82) is 0 Å². The van der Waals surface area contributed by atoms with Gasteiger partial charge in [-0.25, -0.2) is 4.99 Å². The molecule has 1 atom stereocenters. The van der Waals surface area contributed by atoms with Crippen molar-refractivity contribution in [3.05, 3.63) is 16.5 Å². The molecule has 0 radical (unpaired) electrons. The second kappa shape index (κ2) is 3.00. The molecule has 1 aliphatic heterocycles. The topological polar surface area (TPSA) is 15.6 Å². The molecule has 0 saturated heterocycles. The molecule has 4 heteroatoms. The molecule has 0 spiro atoms. The molecule has 1 aliphatic rings. The summed E-state index contributed by atoms with van der Waals surface area (Å²) in [5.74, 6) is 0.981. The van der Waals surface area contributed by atoms with Crippen molar-refractivity contribution in [3.63, 3.8) is 0 Å². The SMILES string of the molecule is CC1=Nc2sc(C)cc2[C@@H](Cl)N1C. The fourth-order valence-corrected chi connectivity index (χ4v) is 2.71. The van der Waals surface area contributed by atoms with Gasteiger partial charge in [0.2, 0.25) is 0 Å². The maximum Gasteiger partial charge on any atom is 0.133 e. The highest BCUT2D eigenvalue weighted by Gasteiger charge is 2.24. The average molecular weight is 215 g/mol. The molecule has 1 aromatic rings. The Morgan fingerprint density at radius 1 is 1.54 bits per heavy atom. The number of hydrogen-bond donors (Lipinski definition) is 0. The molecule has 1 aromatic heterocycles. The van der Waals surface area contributed by atoms with Crippen molar-refractivity contribution in [2.45, 2.75) is 19.3 Å². The Morgan fingerprint density at radius 3 is 2.92 bits per heavy atom. The summed E-state index contributed by atoms with van der Waals surface area (Å²) in [6, 6.07) is 2.12. The fraction of sp³-hybridized carbons (Fsp3) is 0.444.